The lowest BCUT2D eigenvalue weighted by Crippen LogP contribution is -2.02. The second kappa shape index (κ2) is 27.9. The zero-order valence-electron chi connectivity index (χ0n) is 57.4. The summed E-state index contributed by atoms with van der Waals surface area (Å²) in [5, 5.41) is 4.84. The molecule has 0 nitrogen and oxygen atoms in total. The molecule has 0 radical (unpaired) electrons. The molecule has 0 aliphatic carbocycles. The van der Waals surface area contributed by atoms with E-state index in [2.05, 4.69) is 425 Å². The van der Waals surface area contributed by atoms with Gasteiger partial charge < -0.3 is 0 Å². The quantitative estimate of drug-likeness (QED) is 0.0898. The van der Waals surface area contributed by atoms with E-state index in [4.69, 9.17) is 0 Å². The van der Waals surface area contributed by atoms with Crippen LogP contribution in [0.2, 0.25) is 0 Å². The molecule has 0 aromatic heterocycles. The van der Waals surface area contributed by atoms with E-state index in [-0.39, 0.29) is 0 Å². The first-order valence-corrected chi connectivity index (χ1v) is 36.0. The van der Waals surface area contributed by atoms with Crippen molar-refractivity contribution in [2.75, 3.05) is 0 Å². The molecule has 18 rings (SSSR count). The maximum Gasteiger partial charge on any atom is -0.00139 e. The Kier molecular flexibility index (Phi) is 16.8. The summed E-state index contributed by atoms with van der Waals surface area (Å²) in [6.07, 6.45) is 0. The SMILES string of the molecule is c1ccc(-c2c(-c3ccccc3)c(-c3ccccc3)c(-c3ccc(-c4ccc(-c5c6ccccc6c(-c6ccc(-c7c(-c8ccccc8)c(-c8ccccc8)c(-c8ccccc8)c(-c8ccccc8)c7-c7ccccc7)cc6)c6ccccc56)cc4)cc3)c(-c3ccccc3)c2-c2ccccc2)cc1. The maximum atomic E-state index is 2.38. The van der Waals surface area contributed by atoms with Crippen LogP contribution in [0, 0.1) is 0 Å². The van der Waals surface area contributed by atoms with Gasteiger partial charge in [0.15, 0.2) is 0 Å². The Morgan fingerprint density at radius 3 is 0.298 bits per heavy atom. The summed E-state index contributed by atoms with van der Waals surface area (Å²) in [4.78, 5) is 0. The molecule has 18 aromatic carbocycles. The van der Waals surface area contributed by atoms with Gasteiger partial charge in [0.1, 0.15) is 0 Å². The van der Waals surface area contributed by atoms with Gasteiger partial charge in [0.25, 0.3) is 0 Å². The van der Waals surface area contributed by atoms with Crippen molar-refractivity contribution in [3.8, 4) is 167 Å². The molecular weight excluding hydrogens is 1250 g/mol. The van der Waals surface area contributed by atoms with Crippen LogP contribution in [-0.2, 0) is 0 Å². The minimum atomic E-state index is 1.14. The molecule has 104 heavy (non-hydrogen) atoms. The van der Waals surface area contributed by atoms with E-state index in [1.54, 1.807) is 0 Å². The molecule has 0 atom stereocenters. The summed E-state index contributed by atoms with van der Waals surface area (Å²) in [7, 11) is 0. The van der Waals surface area contributed by atoms with E-state index >= 15 is 0 Å². The first kappa shape index (κ1) is 62.7. The van der Waals surface area contributed by atoms with Crippen molar-refractivity contribution < 1.29 is 0 Å². The van der Waals surface area contributed by atoms with Crippen molar-refractivity contribution in [3.05, 3.63) is 425 Å². The van der Waals surface area contributed by atoms with Crippen LogP contribution in [0.15, 0.2) is 425 Å². The van der Waals surface area contributed by atoms with Crippen LogP contribution in [0.25, 0.3) is 188 Å². The van der Waals surface area contributed by atoms with E-state index in [0.29, 0.717) is 0 Å². The molecule has 0 saturated carbocycles. The molecular formula is C104H70. The lowest BCUT2D eigenvalue weighted by molar-refractivity contribution is 1.51. The highest BCUT2D eigenvalue weighted by Gasteiger charge is 2.32. The van der Waals surface area contributed by atoms with Crippen LogP contribution in [0.1, 0.15) is 0 Å². The molecule has 18 aromatic rings. The average Bonchev–Trinajstić information content (AvgIpc) is 0.721. The molecule has 0 amide bonds. The van der Waals surface area contributed by atoms with Crippen molar-refractivity contribution >= 4 is 21.5 Å². The van der Waals surface area contributed by atoms with Gasteiger partial charge in [0.05, 0.1) is 0 Å². The van der Waals surface area contributed by atoms with Gasteiger partial charge in [0.2, 0.25) is 0 Å². The highest BCUT2D eigenvalue weighted by Crippen LogP contribution is 2.59. The Balaban J connectivity index is 0.782. The molecule has 0 unspecified atom stereocenters. The third-order valence-electron chi connectivity index (χ3n) is 20.7. The number of hydrogen-bond donors (Lipinski definition) is 0. The molecule has 0 aliphatic heterocycles. The monoisotopic (exact) mass is 1320 g/mol. The molecule has 0 N–H and O–H groups in total. The third kappa shape index (κ3) is 11.5. The van der Waals surface area contributed by atoms with E-state index in [1.165, 1.54) is 116 Å². The molecule has 0 spiro atoms. The normalized spacial score (nSPS) is 11.3. The first-order valence-electron chi connectivity index (χ1n) is 36.0. The second-order valence-electron chi connectivity index (χ2n) is 26.7. The van der Waals surface area contributed by atoms with Gasteiger partial charge in [-0.15, -0.1) is 0 Å². The van der Waals surface area contributed by atoms with E-state index in [9.17, 15) is 0 Å². The molecule has 0 saturated heterocycles. The van der Waals surface area contributed by atoms with Crippen LogP contribution in [0.5, 0.6) is 0 Å². The van der Waals surface area contributed by atoms with Crippen LogP contribution >= 0.6 is 0 Å². The van der Waals surface area contributed by atoms with Crippen LogP contribution < -0.4 is 0 Å². The fraction of sp³-hybridized carbons (Fsp3) is 0. The lowest BCUT2D eigenvalue weighted by Gasteiger charge is -2.29. The smallest absolute Gasteiger partial charge is 0.00139 e. The highest BCUT2D eigenvalue weighted by atomic mass is 14.3. The van der Waals surface area contributed by atoms with E-state index in [1.807, 2.05) is 0 Å². The second-order valence-corrected chi connectivity index (χ2v) is 26.7. The number of fused-ring (bicyclic) bond motifs is 2. The minimum Gasteiger partial charge on any atom is -0.0622 e. The Morgan fingerprint density at radius 2 is 0.163 bits per heavy atom. The molecule has 0 heterocycles. The zero-order valence-corrected chi connectivity index (χ0v) is 57.4. The first-order chi connectivity index (χ1) is 51.7. The van der Waals surface area contributed by atoms with Gasteiger partial charge >= 0.3 is 0 Å². The molecule has 0 heteroatoms. The Hall–Kier alpha value is -13.5. The van der Waals surface area contributed by atoms with Crippen molar-refractivity contribution in [3.63, 3.8) is 0 Å². The Labute approximate surface area is 609 Å². The third-order valence-corrected chi connectivity index (χ3v) is 20.7. The molecule has 0 fully saturated rings. The summed E-state index contributed by atoms with van der Waals surface area (Å²) < 4.78 is 0. The topological polar surface area (TPSA) is 0 Å². The number of hydrogen-bond acceptors (Lipinski definition) is 0. The molecule has 0 bridgehead atoms. The summed E-state index contributed by atoms with van der Waals surface area (Å²) >= 11 is 0. The average molecular weight is 1320 g/mol. The van der Waals surface area contributed by atoms with Gasteiger partial charge in [-0.3, -0.25) is 0 Å². The van der Waals surface area contributed by atoms with Gasteiger partial charge in [-0.25, -0.2) is 0 Å². The standard InChI is InChI=1S/C104H70/c1-11-35-73(36-12-1)93-95(75-39-15-3-16-40-75)99(79-47-23-7-24-48-79)103(100(80-49-25-8-26-50-80)96(93)76-41-17-4-18-42-76)85-65-61-72(62-66-85)71-59-63-83(64-60-71)91-87-55-31-33-57-89(87)92(90-58-34-32-56-88(90)91)84-67-69-86(70-68-84)104-101(81-51-27-9-28-52-81)97(77-43-19-5-20-44-77)94(74-37-13-2-14-38-74)98(78-45-21-6-22-46-78)102(104)82-53-29-10-30-54-82/h1-70H. The fourth-order valence-corrected chi connectivity index (χ4v) is 16.2. The van der Waals surface area contributed by atoms with Crippen molar-refractivity contribution in [1.82, 2.24) is 0 Å². The van der Waals surface area contributed by atoms with Gasteiger partial charge in [0, 0.05) is 0 Å². The van der Waals surface area contributed by atoms with Gasteiger partial charge in [-0.05, 0) is 188 Å². The minimum absolute atomic E-state index is 1.14. The summed E-state index contributed by atoms with van der Waals surface area (Å²) in [5.74, 6) is 0. The lowest BCUT2D eigenvalue weighted by atomic mass is 9.74. The Morgan fingerprint density at radius 1 is 0.0673 bits per heavy atom. The Bertz CT molecular complexity index is 5800. The number of benzene rings is 18. The molecule has 486 valence electrons. The van der Waals surface area contributed by atoms with E-state index in [0.717, 1.165) is 72.3 Å². The van der Waals surface area contributed by atoms with Crippen LogP contribution in [0.3, 0.4) is 0 Å². The summed E-state index contributed by atoms with van der Waals surface area (Å²) in [6, 6.07) is 156. The molecule has 0 aliphatic rings. The zero-order chi connectivity index (χ0) is 69.1. The maximum absolute atomic E-state index is 2.38. The van der Waals surface area contributed by atoms with Crippen molar-refractivity contribution in [1.29, 1.82) is 0 Å². The largest absolute Gasteiger partial charge is 0.0622 e. The fourth-order valence-electron chi connectivity index (χ4n) is 16.2. The van der Waals surface area contributed by atoms with Gasteiger partial charge in [-0.2, -0.15) is 0 Å². The van der Waals surface area contributed by atoms with Crippen LogP contribution in [0.4, 0.5) is 0 Å². The number of rotatable bonds is 15. The highest BCUT2D eigenvalue weighted by molar-refractivity contribution is 6.22. The van der Waals surface area contributed by atoms with Crippen molar-refractivity contribution in [2.24, 2.45) is 0 Å². The predicted octanol–water partition coefficient (Wildman–Crippen LogP) is 29.0. The van der Waals surface area contributed by atoms with Crippen LogP contribution in [-0.4, -0.2) is 0 Å². The van der Waals surface area contributed by atoms with Crippen molar-refractivity contribution in [2.45, 2.75) is 0 Å². The van der Waals surface area contributed by atoms with Gasteiger partial charge in [-0.1, -0.05) is 425 Å². The predicted molar refractivity (Wildman–Crippen MR) is 443 cm³/mol. The van der Waals surface area contributed by atoms with E-state index < -0.39 is 0 Å². The summed E-state index contributed by atoms with van der Waals surface area (Å²) in [6.45, 7) is 0. The summed E-state index contributed by atoms with van der Waals surface area (Å²) in [5.41, 5.74) is 35.4.